The molecule has 33 heavy (non-hydrogen) atoms. The van der Waals surface area contributed by atoms with Gasteiger partial charge in [-0.2, -0.15) is 0 Å². The summed E-state index contributed by atoms with van der Waals surface area (Å²) in [7, 11) is 0. The maximum absolute atomic E-state index is 13.6. The first-order valence-corrected chi connectivity index (χ1v) is 12.1. The summed E-state index contributed by atoms with van der Waals surface area (Å²) in [5.41, 5.74) is 3.51. The molecule has 5 heteroatoms. The molecule has 172 valence electrons. The van der Waals surface area contributed by atoms with E-state index >= 15 is 0 Å². The van der Waals surface area contributed by atoms with Crippen molar-refractivity contribution < 1.29 is 9.59 Å². The molecule has 0 atom stereocenters. The minimum Gasteiger partial charge on any atom is -0.334 e. The number of carbonyl (C=O) groups is 2. The largest absolute Gasteiger partial charge is 0.334 e. The Kier molecular flexibility index (Phi) is 7.38. The summed E-state index contributed by atoms with van der Waals surface area (Å²) in [6.45, 7) is 5.81. The molecule has 0 spiro atoms. The van der Waals surface area contributed by atoms with E-state index in [4.69, 9.17) is 0 Å². The summed E-state index contributed by atoms with van der Waals surface area (Å²) in [6.07, 6.45) is 7.05. The zero-order chi connectivity index (χ0) is 23.2. The SMILES string of the molecule is CC(C)C(=O)N1CCCCCCCN(C(=O)c2ccc3ncccc3c2)Cc2ccccc21. The van der Waals surface area contributed by atoms with Crippen molar-refractivity contribution in [1.82, 2.24) is 9.88 Å². The maximum Gasteiger partial charge on any atom is 0.254 e. The van der Waals surface area contributed by atoms with E-state index in [1.54, 1.807) is 6.20 Å². The van der Waals surface area contributed by atoms with Crippen LogP contribution in [-0.4, -0.2) is 34.8 Å². The summed E-state index contributed by atoms with van der Waals surface area (Å²) in [4.78, 5) is 34.9. The third kappa shape index (κ3) is 5.41. The summed E-state index contributed by atoms with van der Waals surface area (Å²) in [6, 6.07) is 17.6. The van der Waals surface area contributed by atoms with Crippen molar-refractivity contribution in [3.8, 4) is 0 Å². The number of para-hydroxylation sites is 1. The normalized spacial score (nSPS) is 15.6. The highest BCUT2D eigenvalue weighted by atomic mass is 16.2. The van der Waals surface area contributed by atoms with E-state index in [-0.39, 0.29) is 17.7 Å². The van der Waals surface area contributed by atoms with Crippen LogP contribution in [-0.2, 0) is 11.3 Å². The van der Waals surface area contributed by atoms with Crippen LogP contribution in [0.4, 0.5) is 5.69 Å². The lowest BCUT2D eigenvalue weighted by atomic mass is 10.0. The van der Waals surface area contributed by atoms with Gasteiger partial charge < -0.3 is 9.80 Å². The van der Waals surface area contributed by atoms with E-state index in [1.807, 2.05) is 78.2 Å². The molecule has 2 heterocycles. The first-order valence-electron chi connectivity index (χ1n) is 12.1. The molecule has 0 radical (unpaired) electrons. The number of rotatable bonds is 2. The van der Waals surface area contributed by atoms with Crippen molar-refractivity contribution in [2.75, 3.05) is 18.0 Å². The summed E-state index contributed by atoms with van der Waals surface area (Å²) in [5, 5.41) is 0.965. The minimum absolute atomic E-state index is 0.0225. The van der Waals surface area contributed by atoms with Crippen LogP contribution in [0.15, 0.2) is 60.8 Å². The van der Waals surface area contributed by atoms with E-state index in [0.717, 1.165) is 60.8 Å². The minimum atomic E-state index is -0.0742. The quantitative estimate of drug-likeness (QED) is 0.501. The lowest BCUT2D eigenvalue weighted by Gasteiger charge is -2.30. The number of benzene rings is 2. The van der Waals surface area contributed by atoms with Crippen LogP contribution in [0.5, 0.6) is 0 Å². The Morgan fingerprint density at radius 3 is 2.45 bits per heavy atom. The number of pyridine rings is 1. The van der Waals surface area contributed by atoms with Gasteiger partial charge in [-0.3, -0.25) is 14.6 Å². The zero-order valence-corrected chi connectivity index (χ0v) is 19.7. The molecule has 0 fully saturated rings. The number of nitrogens with zero attached hydrogens (tertiary/aromatic N) is 3. The molecule has 0 N–H and O–H groups in total. The lowest BCUT2D eigenvalue weighted by molar-refractivity contribution is -0.121. The molecule has 0 saturated carbocycles. The Morgan fingerprint density at radius 1 is 0.879 bits per heavy atom. The highest BCUT2D eigenvalue weighted by Gasteiger charge is 2.24. The van der Waals surface area contributed by atoms with E-state index in [9.17, 15) is 9.59 Å². The summed E-state index contributed by atoms with van der Waals surface area (Å²) < 4.78 is 0. The third-order valence-corrected chi connectivity index (χ3v) is 6.35. The van der Waals surface area contributed by atoms with Gasteiger partial charge in [-0.25, -0.2) is 0 Å². The monoisotopic (exact) mass is 443 g/mol. The van der Waals surface area contributed by atoms with Crippen LogP contribution < -0.4 is 4.90 Å². The van der Waals surface area contributed by atoms with Crippen molar-refractivity contribution in [1.29, 1.82) is 0 Å². The van der Waals surface area contributed by atoms with Crippen molar-refractivity contribution in [2.24, 2.45) is 5.92 Å². The second kappa shape index (κ2) is 10.6. The molecule has 5 nitrogen and oxygen atoms in total. The summed E-state index contributed by atoms with van der Waals surface area (Å²) in [5.74, 6) is 0.0867. The Hall–Kier alpha value is -3.21. The second-order valence-electron chi connectivity index (χ2n) is 9.18. The smallest absolute Gasteiger partial charge is 0.254 e. The van der Waals surface area contributed by atoms with E-state index in [2.05, 4.69) is 4.98 Å². The van der Waals surface area contributed by atoms with Gasteiger partial charge in [0, 0.05) is 48.4 Å². The van der Waals surface area contributed by atoms with Crippen molar-refractivity contribution in [2.45, 2.75) is 52.5 Å². The van der Waals surface area contributed by atoms with Gasteiger partial charge in [0.15, 0.2) is 0 Å². The molecule has 0 unspecified atom stereocenters. The predicted molar refractivity (Wildman–Crippen MR) is 133 cm³/mol. The number of hydrogen-bond donors (Lipinski definition) is 0. The Bertz CT molecular complexity index is 1120. The molecular weight excluding hydrogens is 410 g/mol. The number of amides is 2. The van der Waals surface area contributed by atoms with Crippen LogP contribution in [0.25, 0.3) is 10.9 Å². The number of hydrogen-bond acceptors (Lipinski definition) is 3. The van der Waals surface area contributed by atoms with Gasteiger partial charge in [-0.15, -0.1) is 0 Å². The van der Waals surface area contributed by atoms with Crippen LogP contribution in [0.2, 0.25) is 0 Å². The topological polar surface area (TPSA) is 53.5 Å². The number of aromatic nitrogens is 1. The average molecular weight is 444 g/mol. The fraction of sp³-hybridized carbons (Fsp3) is 0.393. The van der Waals surface area contributed by atoms with Crippen LogP contribution in [0, 0.1) is 5.92 Å². The standard InChI is InChI=1S/C28H33N3O2/c1-21(2)27(32)31-18-9-5-3-4-8-17-30(20-24-11-6-7-13-26(24)31)28(33)23-14-15-25-22(19-23)12-10-16-29-25/h6-7,10-16,19,21H,3-5,8-9,17-18,20H2,1-2H3. The molecule has 1 aliphatic heterocycles. The molecule has 2 amide bonds. The second-order valence-corrected chi connectivity index (χ2v) is 9.18. The first kappa shape index (κ1) is 23.0. The highest BCUT2D eigenvalue weighted by molar-refractivity contribution is 5.98. The van der Waals surface area contributed by atoms with Gasteiger partial charge >= 0.3 is 0 Å². The zero-order valence-electron chi connectivity index (χ0n) is 19.7. The highest BCUT2D eigenvalue weighted by Crippen LogP contribution is 2.26. The van der Waals surface area contributed by atoms with Crippen LogP contribution in [0.3, 0.4) is 0 Å². The van der Waals surface area contributed by atoms with E-state index < -0.39 is 0 Å². The number of fused-ring (bicyclic) bond motifs is 2. The number of carbonyl (C=O) groups excluding carboxylic acids is 2. The molecule has 1 aromatic heterocycles. The van der Waals surface area contributed by atoms with E-state index in [0.29, 0.717) is 18.7 Å². The Labute approximate surface area is 196 Å². The lowest BCUT2D eigenvalue weighted by Crippen LogP contribution is -2.37. The Morgan fingerprint density at radius 2 is 1.64 bits per heavy atom. The molecular formula is C28H33N3O2. The Balaban J connectivity index is 1.68. The van der Waals surface area contributed by atoms with Gasteiger partial charge in [0.05, 0.1) is 5.52 Å². The summed E-state index contributed by atoms with van der Waals surface area (Å²) >= 11 is 0. The van der Waals surface area contributed by atoms with Crippen molar-refractivity contribution in [3.63, 3.8) is 0 Å². The van der Waals surface area contributed by atoms with Crippen LogP contribution >= 0.6 is 0 Å². The molecule has 2 aromatic carbocycles. The van der Waals surface area contributed by atoms with Crippen molar-refractivity contribution in [3.05, 3.63) is 71.9 Å². The van der Waals surface area contributed by atoms with Gasteiger partial charge in [-0.05, 0) is 48.7 Å². The van der Waals surface area contributed by atoms with Crippen LogP contribution in [0.1, 0.15) is 61.9 Å². The maximum atomic E-state index is 13.6. The molecule has 1 aliphatic rings. The predicted octanol–water partition coefficient (Wildman–Crippen LogP) is 5.83. The van der Waals surface area contributed by atoms with Gasteiger partial charge in [0.1, 0.15) is 0 Å². The fourth-order valence-electron chi connectivity index (χ4n) is 4.52. The van der Waals surface area contributed by atoms with Gasteiger partial charge in [-0.1, -0.05) is 57.4 Å². The van der Waals surface area contributed by atoms with Gasteiger partial charge in [0.25, 0.3) is 5.91 Å². The van der Waals surface area contributed by atoms with Gasteiger partial charge in [0.2, 0.25) is 5.91 Å². The molecule has 0 saturated heterocycles. The molecule has 0 bridgehead atoms. The molecule has 0 aliphatic carbocycles. The first-order chi connectivity index (χ1) is 16.0. The molecule has 4 rings (SSSR count). The fourth-order valence-corrected chi connectivity index (χ4v) is 4.52. The average Bonchev–Trinajstić information content (AvgIpc) is 2.83. The van der Waals surface area contributed by atoms with E-state index in [1.165, 1.54) is 0 Å². The third-order valence-electron chi connectivity index (χ3n) is 6.35. The number of anilines is 1. The van der Waals surface area contributed by atoms with Crippen molar-refractivity contribution >= 4 is 28.4 Å². The molecule has 3 aromatic rings.